The second kappa shape index (κ2) is 9.25. The molecule has 1 amide bonds. The van der Waals surface area contributed by atoms with Gasteiger partial charge in [-0.05, 0) is 18.1 Å². The number of ether oxygens (including phenoxy) is 2. The van der Waals surface area contributed by atoms with Crippen LogP contribution < -0.4 is 4.72 Å². The average Bonchev–Trinajstić information content (AvgIpc) is 2.64. The summed E-state index contributed by atoms with van der Waals surface area (Å²) in [7, 11) is -4.28. The maximum Gasteiger partial charge on any atom is 0.324 e. The molecule has 1 aromatic rings. The highest BCUT2D eigenvalue weighted by atomic mass is 32.2. The molecule has 0 bridgehead atoms. The van der Waals surface area contributed by atoms with Gasteiger partial charge in [0, 0.05) is 13.1 Å². The first-order chi connectivity index (χ1) is 12.7. The molecule has 10 heteroatoms. The Hall–Kier alpha value is -2.04. The van der Waals surface area contributed by atoms with Crippen LogP contribution in [0.3, 0.4) is 0 Å². The molecule has 1 fully saturated rings. The lowest BCUT2D eigenvalue weighted by Crippen LogP contribution is -2.47. The highest BCUT2D eigenvalue weighted by Crippen LogP contribution is 2.16. The summed E-state index contributed by atoms with van der Waals surface area (Å²) < 4.78 is 50.9. The molecule has 0 aliphatic carbocycles. The van der Waals surface area contributed by atoms with Crippen molar-refractivity contribution in [2.24, 2.45) is 5.92 Å². The van der Waals surface area contributed by atoms with Crippen LogP contribution in [0.15, 0.2) is 29.2 Å². The molecule has 1 heterocycles. The predicted molar refractivity (Wildman–Crippen MR) is 93.7 cm³/mol. The molecule has 27 heavy (non-hydrogen) atoms. The van der Waals surface area contributed by atoms with Crippen LogP contribution in [0.4, 0.5) is 4.39 Å². The topological polar surface area (TPSA) is 102 Å². The first-order valence-corrected chi connectivity index (χ1v) is 9.99. The van der Waals surface area contributed by atoms with Gasteiger partial charge in [-0.1, -0.05) is 26.0 Å². The third-order valence-electron chi connectivity index (χ3n) is 4.03. The summed E-state index contributed by atoms with van der Waals surface area (Å²) in [6, 6.07) is 3.59. The van der Waals surface area contributed by atoms with Crippen molar-refractivity contribution in [3.63, 3.8) is 0 Å². The number of nitrogens with one attached hydrogen (secondary N) is 1. The third-order valence-corrected chi connectivity index (χ3v) is 5.50. The summed E-state index contributed by atoms with van der Waals surface area (Å²) in [4.78, 5) is 25.3. The van der Waals surface area contributed by atoms with E-state index >= 15 is 0 Å². The Kier molecular flexibility index (Phi) is 7.28. The zero-order valence-corrected chi connectivity index (χ0v) is 16.0. The van der Waals surface area contributed by atoms with Crippen molar-refractivity contribution in [2.45, 2.75) is 24.8 Å². The molecular formula is C17H23FN2O6S. The van der Waals surface area contributed by atoms with Crippen LogP contribution in [0.5, 0.6) is 0 Å². The number of nitrogens with zero attached hydrogens (tertiary/aromatic N) is 1. The van der Waals surface area contributed by atoms with E-state index in [0.717, 1.165) is 12.1 Å². The van der Waals surface area contributed by atoms with Gasteiger partial charge in [-0.2, -0.15) is 4.72 Å². The summed E-state index contributed by atoms with van der Waals surface area (Å²) in [6.45, 7) is 4.37. The minimum absolute atomic E-state index is 0.383. The second-order valence-electron chi connectivity index (χ2n) is 6.37. The molecule has 1 aliphatic rings. The number of hydrogen-bond donors (Lipinski definition) is 1. The number of carbonyl (C=O) groups is 2. The van der Waals surface area contributed by atoms with Gasteiger partial charge >= 0.3 is 5.97 Å². The van der Waals surface area contributed by atoms with Gasteiger partial charge in [-0.3, -0.25) is 9.59 Å². The van der Waals surface area contributed by atoms with E-state index in [1.165, 1.54) is 17.0 Å². The molecule has 8 nitrogen and oxygen atoms in total. The number of halogens is 1. The molecule has 0 spiro atoms. The lowest BCUT2D eigenvalue weighted by molar-refractivity contribution is -0.155. The highest BCUT2D eigenvalue weighted by Gasteiger charge is 2.31. The van der Waals surface area contributed by atoms with Crippen LogP contribution in [0.1, 0.15) is 13.8 Å². The number of sulfonamides is 1. The van der Waals surface area contributed by atoms with Crippen LogP contribution in [0.2, 0.25) is 0 Å². The minimum atomic E-state index is -4.28. The molecule has 0 radical (unpaired) electrons. The normalized spacial score (nSPS) is 16.2. The predicted octanol–water partition coefficient (Wildman–Crippen LogP) is 0.531. The van der Waals surface area contributed by atoms with E-state index in [1.807, 2.05) is 0 Å². The largest absolute Gasteiger partial charge is 0.454 e. The Morgan fingerprint density at radius 3 is 2.48 bits per heavy atom. The molecule has 1 aromatic carbocycles. The van der Waals surface area contributed by atoms with E-state index in [4.69, 9.17) is 9.47 Å². The standard InChI is InChI=1S/C17H23FN2O6S/c1-12(2)16(19-27(23,24)14-6-4-3-5-13(14)18)17(22)26-11-15(21)20-7-9-25-10-8-20/h3-6,12,16,19H,7-11H2,1-2H3/t16-/m0/s1. The van der Waals surface area contributed by atoms with Crippen LogP contribution >= 0.6 is 0 Å². The number of morpholine rings is 1. The van der Waals surface area contributed by atoms with Gasteiger partial charge in [0.25, 0.3) is 5.91 Å². The fourth-order valence-electron chi connectivity index (χ4n) is 2.48. The van der Waals surface area contributed by atoms with Crippen molar-refractivity contribution < 1.29 is 31.9 Å². The quantitative estimate of drug-likeness (QED) is 0.668. The van der Waals surface area contributed by atoms with E-state index in [2.05, 4.69) is 4.72 Å². The summed E-state index contributed by atoms with van der Waals surface area (Å²) in [5, 5.41) is 0. The highest BCUT2D eigenvalue weighted by molar-refractivity contribution is 7.89. The van der Waals surface area contributed by atoms with Crippen molar-refractivity contribution >= 4 is 21.9 Å². The lowest BCUT2D eigenvalue weighted by atomic mass is 10.1. The van der Waals surface area contributed by atoms with Gasteiger partial charge in [0.05, 0.1) is 13.2 Å². The maximum atomic E-state index is 13.8. The number of carbonyl (C=O) groups excluding carboxylic acids is 2. The Labute approximate surface area is 157 Å². The van der Waals surface area contributed by atoms with Crippen molar-refractivity contribution in [1.82, 2.24) is 9.62 Å². The molecule has 150 valence electrons. The van der Waals surface area contributed by atoms with Crippen LogP contribution in [0, 0.1) is 11.7 Å². The molecule has 0 unspecified atom stereocenters. The first kappa shape index (κ1) is 21.3. The van der Waals surface area contributed by atoms with E-state index in [9.17, 15) is 22.4 Å². The van der Waals surface area contributed by atoms with Gasteiger partial charge in [0.1, 0.15) is 16.8 Å². The molecule has 1 aliphatic heterocycles. The Morgan fingerprint density at radius 2 is 1.89 bits per heavy atom. The van der Waals surface area contributed by atoms with Crippen LogP contribution in [0.25, 0.3) is 0 Å². The summed E-state index contributed by atoms with van der Waals surface area (Å²) in [6.07, 6.45) is 0. The van der Waals surface area contributed by atoms with Gasteiger partial charge < -0.3 is 14.4 Å². The third kappa shape index (κ3) is 5.72. The van der Waals surface area contributed by atoms with Gasteiger partial charge in [0.2, 0.25) is 10.0 Å². The monoisotopic (exact) mass is 402 g/mol. The van der Waals surface area contributed by atoms with Crippen LogP contribution in [-0.2, 0) is 29.1 Å². The molecule has 1 N–H and O–H groups in total. The van der Waals surface area contributed by atoms with E-state index < -0.39 is 45.3 Å². The first-order valence-electron chi connectivity index (χ1n) is 8.51. The molecule has 0 aromatic heterocycles. The zero-order chi connectivity index (χ0) is 20.0. The lowest BCUT2D eigenvalue weighted by Gasteiger charge is -2.27. The number of esters is 1. The summed E-state index contributed by atoms with van der Waals surface area (Å²) in [5.41, 5.74) is 0. The van der Waals surface area contributed by atoms with E-state index in [1.54, 1.807) is 13.8 Å². The maximum absolute atomic E-state index is 13.8. The smallest absolute Gasteiger partial charge is 0.324 e. The fourth-order valence-corrected chi connectivity index (χ4v) is 3.89. The van der Waals surface area contributed by atoms with Gasteiger partial charge in [-0.15, -0.1) is 0 Å². The number of hydrogen-bond acceptors (Lipinski definition) is 6. The van der Waals surface area contributed by atoms with E-state index in [0.29, 0.717) is 26.3 Å². The Bertz CT molecular complexity index is 777. The Balaban J connectivity index is 2.02. The average molecular weight is 402 g/mol. The number of rotatable bonds is 7. The van der Waals surface area contributed by atoms with Crippen molar-refractivity contribution in [1.29, 1.82) is 0 Å². The summed E-state index contributed by atoms with van der Waals surface area (Å²) >= 11 is 0. The van der Waals surface area contributed by atoms with Gasteiger partial charge in [0.15, 0.2) is 6.61 Å². The van der Waals surface area contributed by atoms with E-state index in [-0.39, 0.29) is 5.91 Å². The Morgan fingerprint density at radius 1 is 1.26 bits per heavy atom. The molecule has 0 saturated carbocycles. The molecule has 1 saturated heterocycles. The van der Waals surface area contributed by atoms with Crippen molar-refractivity contribution in [2.75, 3.05) is 32.9 Å². The number of amides is 1. The second-order valence-corrected chi connectivity index (χ2v) is 8.06. The van der Waals surface area contributed by atoms with Crippen molar-refractivity contribution in [3.8, 4) is 0 Å². The van der Waals surface area contributed by atoms with Gasteiger partial charge in [-0.25, -0.2) is 12.8 Å². The molecular weight excluding hydrogens is 379 g/mol. The number of benzene rings is 1. The minimum Gasteiger partial charge on any atom is -0.454 e. The summed E-state index contributed by atoms with van der Waals surface area (Å²) in [5.74, 6) is -2.68. The molecule has 2 rings (SSSR count). The van der Waals surface area contributed by atoms with Crippen molar-refractivity contribution in [3.05, 3.63) is 30.1 Å². The fraction of sp³-hybridized carbons (Fsp3) is 0.529. The zero-order valence-electron chi connectivity index (χ0n) is 15.2. The SMILES string of the molecule is CC(C)[C@H](NS(=O)(=O)c1ccccc1F)C(=O)OCC(=O)N1CCOCC1. The molecule has 1 atom stereocenters. The van der Waals surface area contributed by atoms with Crippen LogP contribution in [-0.4, -0.2) is 64.1 Å².